The summed E-state index contributed by atoms with van der Waals surface area (Å²) >= 11 is 0. The van der Waals surface area contributed by atoms with Gasteiger partial charge in [0.25, 0.3) is 0 Å². The molecule has 29 heavy (non-hydrogen) atoms. The minimum Gasteiger partial charge on any atom is -0.497 e. The molecule has 0 saturated carbocycles. The highest BCUT2D eigenvalue weighted by Gasteiger charge is 2.46. The number of piperidine rings is 2. The molecule has 0 bridgehead atoms. The van der Waals surface area contributed by atoms with Gasteiger partial charge < -0.3 is 4.74 Å². The summed E-state index contributed by atoms with van der Waals surface area (Å²) in [7, 11) is -1.98. The van der Waals surface area contributed by atoms with Crippen LogP contribution in [0.15, 0.2) is 53.4 Å². The van der Waals surface area contributed by atoms with E-state index in [2.05, 4.69) is 29.2 Å². The van der Waals surface area contributed by atoms with Crippen molar-refractivity contribution in [2.75, 3.05) is 26.7 Å². The van der Waals surface area contributed by atoms with E-state index in [0.29, 0.717) is 29.1 Å². The van der Waals surface area contributed by atoms with Crippen molar-refractivity contribution in [1.29, 1.82) is 0 Å². The molecular formula is C23H28N2O3S. The number of nitrogens with zero attached hydrogens (tertiary/aromatic N) is 2. The summed E-state index contributed by atoms with van der Waals surface area (Å²) in [6, 6.07) is 15.9. The van der Waals surface area contributed by atoms with Crippen LogP contribution in [0.5, 0.6) is 5.75 Å². The monoisotopic (exact) mass is 412 g/mol. The lowest BCUT2D eigenvalue weighted by Gasteiger charge is -2.51. The Bertz CT molecular complexity index is 1010. The summed E-state index contributed by atoms with van der Waals surface area (Å²) in [5.41, 5.74) is 2.81. The second-order valence-corrected chi connectivity index (χ2v) is 10.4. The van der Waals surface area contributed by atoms with Crippen LogP contribution in [0, 0.1) is 5.92 Å². The first-order chi connectivity index (χ1) is 14.1. The summed E-state index contributed by atoms with van der Waals surface area (Å²) in [6.45, 7) is 2.68. The molecule has 0 radical (unpaired) electrons. The van der Waals surface area contributed by atoms with Crippen LogP contribution < -0.4 is 4.74 Å². The zero-order chi connectivity index (χ0) is 20.0. The number of benzene rings is 2. The van der Waals surface area contributed by atoms with Crippen molar-refractivity contribution in [2.45, 2.75) is 42.7 Å². The predicted octanol–water partition coefficient (Wildman–Crippen LogP) is 3.47. The number of sulfonamides is 1. The molecule has 3 aliphatic rings. The van der Waals surface area contributed by atoms with E-state index in [9.17, 15) is 8.42 Å². The largest absolute Gasteiger partial charge is 0.497 e. The van der Waals surface area contributed by atoms with Gasteiger partial charge >= 0.3 is 0 Å². The third-order valence-electron chi connectivity index (χ3n) is 6.97. The molecule has 2 saturated heterocycles. The van der Waals surface area contributed by atoms with Gasteiger partial charge in [-0.05, 0) is 54.9 Å². The first kappa shape index (κ1) is 19.1. The molecule has 2 aromatic rings. The van der Waals surface area contributed by atoms with Crippen molar-refractivity contribution in [3.63, 3.8) is 0 Å². The Morgan fingerprint density at radius 3 is 2.79 bits per heavy atom. The fourth-order valence-corrected chi connectivity index (χ4v) is 7.32. The quantitative estimate of drug-likeness (QED) is 0.775. The lowest BCUT2D eigenvalue weighted by Crippen LogP contribution is -2.57. The SMILES string of the molecule is COc1cccc(S(=O)(=O)N2CCCC3CN4CCc5ccccc5C4CC32)c1. The Balaban J connectivity index is 1.48. The van der Waals surface area contributed by atoms with Gasteiger partial charge in [-0.3, -0.25) is 4.90 Å². The van der Waals surface area contributed by atoms with E-state index in [1.165, 1.54) is 11.1 Å². The van der Waals surface area contributed by atoms with Crippen molar-refractivity contribution in [1.82, 2.24) is 9.21 Å². The molecule has 5 nitrogen and oxygen atoms in total. The molecule has 154 valence electrons. The maximum Gasteiger partial charge on any atom is 0.243 e. The Labute approximate surface area is 173 Å². The topological polar surface area (TPSA) is 49.9 Å². The second-order valence-electron chi connectivity index (χ2n) is 8.46. The van der Waals surface area contributed by atoms with Gasteiger partial charge in [0.2, 0.25) is 10.0 Å². The van der Waals surface area contributed by atoms with Crippen LogP contribution >= 0.6 is 0 Å². The molecule has 6 heteroatoms. The molecule has 0 amide bonds. The van der Waals surface area contributed by atoms with Crippen molar-refractivity contribution in [3.05, 3.63) is 59.7 Å². The van der Waals surface area contributed by atoms with Crippen LogP contribution in [-0.2, 0) is 16.4 Å². The molecule has 0 aliphatic carbocycles. The molecule has 3 aliphatic heterocycles. The van der Waals surface area contributed by atoms with E-state index in [4.69, 9.17) is 4.74 Å². The molecule has 0 aromatic heterocycles. The third-order valence-corrected chi connectivity index (χ3v) is 8.89. The lowest BCUT2D eigenvalue weighted by molar-refractivity contribution is 0.0220. The highest BCUT2D eigenvalue weighted by atomic mass is 32.2. The van der Waals surface area contributed by atoms with E-state index in [1.54, 1.807) is 35.7 Å². The number of ether oxygens (including phenoxy) is 1. The average Bonchev–Trinajstić information content (AvgIpc) is 2.77. The molecule has 0 N–H and O–H groups in total. The van der Waals surface area contributed by atoms with Crippen LogP contribution in [0.2, 0.25) is 0 Å². The maximum absolute atomic E-state index is 13.6. The van der Waals surface area contributed by atoms with Gasteiger partial charge in [-0.2, -0.15) is 4.31 Å². The maximum atomic E-state index is 13.6. The fourth-order valence-electron chi connectivity index (χ4n) is 5.55. The first-order valence-corrected chi connectivity index (χ1v) is 12.0. The number of rotatable bonds is 3. The van der Waals surface area contributed by atoms with E-state index in [-0.39, 0.29) is 6.04 Å². The van der Waals surface area contributed by atoms with E-state index < -0.39 is 10.0 Å². The van der Waals surface area contributed by atoms with Gasteiger partial charge in [0.15, 0.2) is 0 Å². The van der Waals surface area contributed by atoms with E-state index >= 15 is 0 Å². The second kappa shape index (κ2) is 7.42. The summed E-state index contributed by atoms with van der Waals surface area (Å²) in [6.07, 6.45) is 4.01. The first-order valence-electron chi connectivity index (χ1n) is 10.6. The van der Waals surface area contributed by atoms with Crippen molar-refractivity contribution in [3.8, 4) is 5.75 Å². The molecule has 2 fully saturated rings. The lowest BCUT2D eigenvalue weighted by atomic mass is 9.77. The van der Waals surface area contributed by atoms with Gasteiger partial charge in [0, 0.05) is 37.8 Å². The van der Waals surface area contributed by atoms with E-state index in [1.807, 2.05) is 0 Å². The van der Waals surface area contributed by atoms with Crippen LogP contribution in [0.1, 0.15) is 36.4 Å². The fraction of sp³-hybridized carbons (Fsp3) is 0.478. The highest BCUT2D eigenvalue weighted by molar-refractivity contribution is 7.89. The van der Waals surface area contributed by atoms with Gasteiger partial charge in [-0.1, -0.05) is 30.3 Å². The summed E-state index contributed by atoms with van der Waals surface area (Å²) < 4.78 is 34.2. The summed E-state index contributed by atoms with van der Waals surface area (Å²) in [5.74, 6) is 0.987. The van der Waals surface area contributed by atoms with Crippen molar-refractivity contribution in [2.24, 2.45) is 5.92 Å². The minimum absolute atomic E-state index is 0.0624. The third kappa shape index (κ3) is 3.27. The standard InChI is InChI=1S/C23H28N2O3S/c1-28-19-8-4-9-20(14-19)29(26,27)25-12-5-7-18-16-24-13-11-17-6-2-3-10-21(17)23(24)15-22(18)25/h2-4,6,8-10,14,18,22-23H,5,7,11-13,15-16H2,1H3. The van der Waals surface area contributed by atoms with Crippen LogP contribution in [-0.4, -0.2) is 50.4 Å². The molecule has 3 atom stereocenters. The summed E-state index contributed by atoms with van der Waals surface area (Å²) in [5, 5.41) is 0. The Morgan fingerprint density at radius 2 is 1.93 bits per heavy atom. The van der Waals surface area contributed by atoms with Crippen molar-refractivity contribution < 1.29 is 13.2 Å². The van der Waals surface area contributed by atoms with Gasteiger partial charge in [-0.25, -0.2) is 8.42 Å². The smallest absolute Gasteiger partial charge is 0.243 e. The Kier molecular flexibility index (Phi) is 4.88. The molecule has 3 unspecified atom stereocenters. The average molecular weight is 413 g/mol. The Hall–Kier alpha value is -1.89. The summed E-state index contributed by atoms with van der Waals surface area (Å²) in [4.78, 5) is 2.93. The molecule has 0 spiro atoms. The van der Waals surface area contributed by atoms with Crippen LogP contribution in [0.3, 0.4) is 0 Å². The molecule has 2 aromatic carbocycles. The van der Waals surface area contributed by atoms with E-state index in [0.717, 1.165) is 38.8 Å². The predicted molar refractivity (Wildman–Crippen MR) is 112 cm³/mol. The van der Waals surface area contributed by atoms with Gasteiger partial charge in [0.05, 0.1) is 12.0 Å². The number of fused-ring (bicyclic) bond motifs is 4. The number of hydrogen-bond acceptors (Lipinski definition) is 4. The molecule has 5 rings (SSSR count). The number of hydrogen-bond donors (Lipinski definition) is 0. The normalized spacial score (nSPS) is 27.6. The zero-order valence-corrected chi connectivity index (χ0v) is 17.6. The van der Waals surface area contributed by atoms with Gasteiger partial charge in [-0.15, -0.1) is 0 Å². The zero-order valence-electron chi connectivity index (χ0n) is 16.8. The van der Waals surface area contributed by atoms with Gasteiger partial charge in [0.1, 0.15) is 5.75 Å². The van der Waals surface area contributed by atoms with Crippen molar-refractivity contribution >= 4 is 10.0 Å². The van der Waals surface area contributed by atoms with Crippen LogP contribution in [0.4, 0.5) is 0 Å². The number of methoxy groups -OCH3 is 1. The Morgan fingerprint density at radius 1 is 1.07 bits per heavy atom. The molecule has 3 heterocycles. The minimum atomic E-state index is -3.55. The van der Waals surface area contributed by atoms with Crippen LogP contribution in [0.25, 0.3) is 0 Å². The molecular weight excluding hydrogens is 384 g/mol. The highest BCUT2D eigenvalue weighted by Crippen LogP contribution is 2.44.